The Hall–Kier alpha value is -3.41. The first-order valence-electron chi connectivity index (χ1n) is 9.54. The molecule has 31 heavy (non-hydrogen) atoms. The van der Waals surface area contributed by atoms with E-state index in [0.29, 0.717) is 6.54 Å². The van der Waals surface area contributed by atoms with Crippen LogP contribution in [0, 0.1) is 0 Å². The summed E-state index contributed by atoms with van der Waals surface area (Å²) in [6.07, 6.45) is 2.60. The zero-order valence-electron chi connectivity index (χ0n) is 17.3. The number of aromatic nitrogens is 4. The number of unbranched alkanes of at least 4 members (excludes halogenated alkanes) is 1. The van der Waals surface area contributed by atoms with E-state index in [1.54, 1.807) is 7.05 Å². The molecule has 12 heteroatoms. The van der Waals surface area contributed by atoms with Crippen LogP contribution >= 0.6 is 0 Å². The lowest BCUT2D eigenvalue weighted by molar-refractivity contribution is 0.0459. The van der Waals surface area contributed by atoms with Crippen molar-refractivity contribution in [3.8, 4) is 0 Å². The minimum absolute atomic E-state index is 0.144. The van der Waals surface area contributed by atoms with Gasteiger partial charge in [0.05, 0.1) is 11.8 Å². The van der Waals surface area contributed by atoms with Gasteiger partial charge in [-0.1, -0.05) is 19.4 Å². The largest absolute Gasteiger partial charge is 0.454 e. The molecular formula is C19H23N5O6S. The lowest BCUT2D eigenvalue weighted by atomic mass is 10.2. The van der Waals surface area contributed by atoms with Crippen LogP contribution in [0.5, 0.6) is 0 Å². The number of rotatable bonds is 8. The first-order valence-corrected chi connectivity index (χ1v) is 11.4. The number of anilines is 1. The van der Waals surface area contributed by atoms with Crippen molar-refractivity contribution >= 4 is 32.8 Å². The summed E-state index contributed by atoms with van der Waals surface area (Å²) in [4.78, 5) is 43.5. The van der Waals surface area contributed by atoms with E-state index in [4.69, 9.17) is 4.74 Å². The van der Waals surface area contributed by atoms with Crippen LogP contribution in [0.4, 0.5) is 5.69 Å². The van der Waals surface area contributed by atoms with Gasteiger partial charge < -0.3 is 9.30 Å². The SMILES string of the molecule is CCCCn1c(=O)[nH]c(=O)c2c1nc(COC(=O)c1cccc(NS(C)(=O)=O)c1)n2C. The van der Waals surface area contributed by atoms with Crippen molar-refractivity contribution in [2.75, 3.05) is 11.0 Å². The molecular weight excluding hydrogens is 426 g/mol. The maximum absolute atomic E-state index is 12.4. The minimum atomic E-state index is -3.49. The number of imidazole rings is 1. The molecule has 0 fully saturated rings. The topological polar surface area (TPSA) is 145 Å². The summed E-state index contributed by atoms with van der Waals surface area (Å²) in [6.45, 7) is 2.14. The van der Waals surface area contributed by atoms with Gasteiger partial charge in [-0.2, -0.15) is 0 Å². The zero-order chi connectivity index (χ0) is 22.8. The van der Waals surface area contributed by atoms with Crippen LogP contribution in [0.3, 0.4) is 0 Å². The summed E-state index contributed by atoms with van der Waals surface area (Å²) in [6, 6.07) is 5.86. The number of nitrogens with one attached hydrogen (secondary N) is 2. The second-order valence-corrected chi connectivity index (χ2v) is 8.80. The second-order valence-electron chi connectivity index (χ2n) is 7.05. The fourth-order valence-electron chi connectivity index (χ4n) is 3.08. The molecule has 2 heterocycles. The fraction of sp³-hybridized carbons (Fsp3) is 0.368. The standard InChI is InChI=1S/C19H23N5O6S/c1-4-5-9-24-16-15(17(25)21-19(24)27)23(2)14(20-16)11-30-18(26)12-7-6-8-13(10-12)22-31(3,28)29/h6-8,10,22H,4-5,9,11H2,1-3H3,(H,21,25,27). The van der Waals surface area contributed by atoms with E-state index >= 15 is 0 Å². The predicted molar refractivity (Wildman–Crippen MR) is 115 cm³/mol. The first kappa shape index (κ1) is 22.3. The van der Waals surface area contributed by atoms with Crippen LogP contribution < -0.4 is 16.0 Å². The average molecular weight is 449 g/mol. The first-order chi connectivity index (χ1) is 14.6. The molecule has 0 atom stereocenters. The van der Waals surface area contributed by atoms with Crippen LogP contribution in [0.2, 0.25) is 0 Å². The molecule has 166 valence electrons. The van der Waals surface area contributed by atoms with E-state index in [0.717, 1.165) is 19.1 Å². The van der Waals surface area contributed by atoms with Gasteiger partial charge in [-0.05, 0) is 24.6 Å². The lowest BCUT2D eigenvalue weighted by Gasteiger charge is -2.07. The molecule has 2 N–H and O–H groups in total. The highest BCUT2D eigenvalue weighted by atomic mass is 32.2. The molecule has 0 aliphatic carbocycles. The van der Waals surface area contributed by atoms with Gasteiger partial charge in [0.25, 0.3) is 5.56 Å². The van der Waals surface area contributed by atoms with Gasteiger partial charge in [-0.25, -0.2) is 23.0 Å². The molecule has 3 rings (SSSR count). The third-order valence-electron chi connectivity index (χ3n) is 4.57. The number of sulfonamides is 1. The van der Waals surface area contributed by atoms with E-state index in [-0.39, 0.29) is 34.8 Å². The van der Waals surface area contributed by atoms with E-state index < -0.39 is 27.2 Å². The van der Waals surface area contributed by atoms with Gasteiger partial charge in [-0.15, -0.1) is 0 Å². The number of H-pyrrole nitrogens is 1. The molecule has 0 saturated carbocycles. The summed E-state index contributed by atoms with van der Waals surface area (Å²) in [5.74, 6) is -0.406. The molecule has 2 aromatic heterocycles. The number of fused-ring (bicyclic) bond motifs is 1. The molecule has 0 spiro atoms. The maximum atomic E-state index is 12.4. The number of ether oxygens (including phenoxy) is 1. The van der Waals surface area contributed by atoms with Crippen molar-refractivity contribution in [3.63, 3.8) is 0 Å². The number of carbonyl (C=O) groups excluding carboxylic acids is 1. The van der Waals surface area contributed by atoms with Gasteiger partial charge in [-0.3, -0.25) is 19.1 Å². The molecule has 0 unspecified atom stereocenters. The number of aryl methyl sites for hydroxylation is 2. The Labute approximate surface area is 177 Å². The Balaban J connectivity index is 1.86. The van der Waals surface area contributed by atoms with Crippen molar-refractivity contribution in [1.29, 1.82) is 0 Å². The van der Waals surface area contributed by atoms with E-state index in [1.807, 2.05) is 6.92 Å². The minimum Gasteiger partial charge on any atom is -0.454 e. The maximum Gasteiger partial charge on any atom is 0.338 e. The van der Waals surface area contributed by atoms with Crippen molar-refractivity contribution in [2.45, 2.75) is 32.9 Å². The Morgan fingerprint density at radius 3 is 2.71 bits per heavy atom. The van der Waals surface area contributed by atoms with E-state index in [2.05, 4.69) is 14.7 Å². The van der Waals surface area contributed by atoms with Crippen LogP contribution in [0.1, 0.15) is 35.9 Å². The van der Waals surface area contributed by atoms with Gasteiger partial charge >= 0.3 is 11.7 Å². The fourth-order valence-corrected chi connectivity index (χ4v) is 3.64. The highest BCUT2D eigenvalue weighted by molar-refractivity contribution is 7.92. The van der Waals surface area contributed by atoms with Gasteiger partial charge in [0, 0.05) is 19.3 Å². The number of hydrogen-bond donors (Lipinski definition) is 2. The number of hydrogen-bond acceptors (Lipinski definition) is 7. The quantitative estimate of drug-likeness (QED) is 0.487. The Morgan fingerprint density at radius 1 is 1.29 bits per heavy atom. The van der Waals surface area contributed by atoms with Crippen molar-refractivity contribution in [2.24, 2.45) is 7.05 Å². The van der Waals surface area contributed by atoms with Gasteiger partial charge in [0.2, 0.25) is 10.0 Å². The van der Waals surface area contributed by atoms with E-state index in [1.165, 1.54) is 33.4 Å². The molecule has 11 nitrogen and oxygen atoms in total. The third kappa shape index (κ3) is 5.02. The van der Waals surface area contributed by atoms with Crippen molar-refractivity contribution in [1.82, 2.24) is 19.1 Å². The molecule has 0 radical (unpaired) electrons. The van der Waals surface area contributed by atoms with Crippen molar-refractivity contribution in [3.05, 3.63) is 56.5 Å². The average Bonchev–Trinajstić information content (AvgIpc) is 3.01. The predicted octanol–water partition coefficient (Wildman–Crippen LogP) is 0.952. The summed E-state index contributed by atoms with van der Waals surface area (Å²) in [5.41, 5.74) is -0.296. The normalized spacial score (nSPS) is 11.6. The van der Waals surface area contributed by atoms with Crippen LogP contribution in [-0.4, -0.2) is 39.7 Å². The number of aromatic amines is 1. The second kappa shape index (κ2) is 8.76. The summed E-state index contributed by atoms with van der Waals surface area (Å²) in [5, 5.41) is 0. The third-order valence-corrected chi connectivity index (χ3v) is 5.18. The number of nitrogens with zero attached hydrogens (tertiary/aromatic N) is 3. The molecule has 3 aromatic rings. The molecule has 0 amide bonds. The van der Waals surface area contributed by atoms with E-state index in [9.17, 15) is 22.8 Å². The van der Waals surface area contributed by atoms with Crippen LogP contribution in [0.15, 0.2) is 33.9 Å². The lowest BCUT2D eigenvalue weighted by Crippen LogP contribution is -2.31. The molecule has 0 saturated heterocycles. The smallest absolute Gasteiger partial charge is 0.338 e. The molecule has 0 aliphatic rings. The molecule has 0 aliphatic heterocycles. The Bertz CT molecular complexity index is 1350. The summed E-state index contributed by atoms with van der Waals surface area (Å²) in [7, 11) is -1.89. The highest BCUT2D eigenvalue weighted by Crippen LogP contribution is 2.15. The van der Waals surface area contributed by atoms with Crippen molar-refractivity contribution < 1.29 is 17.9 Å². The van der Waals surface area contributed by atoms with Gasteiger partial charge in [0.1, 0.15) is 12.4 Å². The monoisotopic (exact) mass is 449 g/mol. The number of benzene rings is 1. The number of esters is 1. The zero-order valence-corrected chi connectivity index (χ0v) is 18.2. The Morgan fingerprint density at radius 2 is 2.03 bits per heavy atom. The molecule has 0 bridgehead atoms. The van der Waals surface area contributed by atoms with Gasteiger partial charge in [0.15, 0.2) is 11.2 Å². The van der Waals surface area contributed by atoms with Crippen LogP contribution in [0.25, 0.3) is 11.2 Å². The summed E-state index contributed by atoms with van der Waals surface area (Å²) < 4.78 is 33.2. The number of carbonyl (C=O) groups is 1. The highest BCUT2D eigenvalue weighted by Gasteiger charge is 2.18. The summed E-state index contributed by atoms with van der Waals surface area (Å²) >= 11 is 0. The Kier molecular flexibility index (Phi) is 6.29. The molecule has 1 aromatic carbocycles. The van der Waals surface area contributed by atoms with Crippen LogP contribution in [-0.2, 0) is 35.0 Å².